The van der Waals surface area contributed by atoms with E-state index in [1.807, 2.05) is 0 Å². The van der Waals surface area contributed by atoms with Gasteiger partial charge in [0.2, 0.25) is 4.69 Å². The topological polar surface area (TPSA) is 57.5 Å². The average molecular weight is 211 g/mol. The van der Waals surface area contributed by atoms with Crippen molar-refractivity contribution >= 4 is 20.6 Å². The van der Waals surface area contributed by atoms with Gasteiger partial charge in [0.25, 0.3) is 0 Å². The third kappa shape index (κ3) is 3.98. The van der Waals surface area contributed by atoms with Gasteiger partial charge in [0, 0.05) is 5.92 Å². The van der Waals surface area contributed by atoms with E-state index in [4.69, 9.17) is 10.2 Å². The van der Waals surface area contributed by atoms with E-state index in [-0.39, 0.29) is 17.2 Å². The molecule has 0 aliphatic carbocycles. The van der Waals surface area contributed by atoms with Gasteiger partial charge in [-0.3, -0.25) is 4.79 Å². The minimum atomic E-state index is -0.781. The van der Waals surface area contributed by atoms with Crippen LogP contribution in [0.4, 0.5) is 0 Å². The number of hydrogen-bond donors (Lipinski definition) is 2. The van der Waals surface area contributed by atoms with Crippen molar-refractivity contribution in [2.24, 2.45) is 5.92 Å². The molecule has 0 saturated heterocycles. The van der Waals surface area contributed by atoms with Gasteiger partial charge in [-0.1, -0.05) is 6.92 Å². The molecule has 4 heteroatoms. The van der Waals surface area contributed by atoms with Crippen molar-refractivity contribution in [3.05, 3.63) is 0 Å². The fourth-order valence-electron chi connectivity index (χ4n) is 0.575. The Labute approximate surface area is 68.2 Å². The summed E-state index contributed by atoms with van der Waals surface area (Å²) >= 11 is 2.77. The van der Waals surface area contributed by atoms with Crippen molar-refractivity contribution in [2.75, 3.05) is 6.61 Å². The number of carbonyl (C=O) groups is 1. The van der Waals surface area contributed by atoms with Crippen LogP contribution in [0.3, 0.4) is 0 Å². The Morgan fingerprint density at radius 3 is 2.50 bits per heavy atom. The number of rotatable bonds is 4. The Kier molecular flexibility index (Phi) is 4.85. The van der Waals surface area contributed by atoms with Gasteiger partial charge in [-0.05, 0) is 22.4 Å². The van der Waals surface area contributed by atoms with E-state index in [1.54, 1.807) is 6.92 Å². The molecule has 0 bridgehead atoms. The Morgan fingerprint density at radius 2 is 2.20 bits per heavy atom. The molecule has 2 N–H and O–H groups in total. The van der Waals surface area contributed by atoms with Gasteiger partial charge < -0.3 is 10.2 Å². The van der Waals surface area contributed by atoms with Gasteiger partial charge in [-0.25, -0.2) is 0 Å². The second-order valence-corrected chi connectivity index (χ2v) is 3.06. The number of carbonyl (C=O) groups excluding carboxylic acids is 1. The zero-order valence-corrected chi connectivity index (χ0v) is 7.34. The lowest BCUT2D eigenvalue weighted by Gasteiger charge is -2.09. The van der Waals surface area contributed by atoms with Gasteiger partial charge >= 0.3 is 0 Å². The molecule has 0 fully saturated rings. The maximum absolute atomic E-state index is 10.5. The normalized spacial score (nSPS) is 16.4. The molecular weight excluding hydrogens is 200 g/mol. The van der Waals surface area contributed by atoms with Gasteiger partial charge in [0.05, 0.1) is 12.7 Å². The van der Waals surface area contributed by atoms with E-state index in [1.165, 1.54) is 0 Å². The summed E-state index contributed by atoms with van der Waals surface area (Å²) in [5.41, 5.74) is 0. The van der Waals surface area contributed by atoms with Crippen LogP contribution in [-0.2, 0) is 4.79 Å². The predicted molar refractivity (Wildman–Crippen MR) is 40.8 cm³/mol. The third-order valence-electron chi connectivity index (χ3n) is 1.22. The van der Waals surface area contributed by atoms with Gasteiger partial charge in [-0.2, -0.15) is 0 Å². The third-order valence-corrected chi connectivity index (χ3v) is 2.01. The highest BCUT2D eigenvalue weighted by molar-refractivity contribution is 9.18. The fraction of sp³-hybridized carbons (Fsp3) is 0.833. The van der Waals surface area contributed by atoms with Crippen molar-refractivity contribution in [3.63, 3.8) is 0 Å². The van der Waals surface area contributed by atoms with E-state index >= 15 is 0 Å². The smallest absolute Gasteiger partial charge is 0.200 e. The van der Waals surface area contributed by atoms with Crippen LogP contribution in [0.5, 0.6) is 0 Å². The first-order chi connectivity index (χ1) is 4.57. The second kappa shape index (κ2) is 4.82. The summed E-state index contributed by atoms with van der Waals surface area (Å²) in [7, 11) is 0. The summed E-state index contributed by atoms with van der Waals surface area (Å²) in [6.07, 6.45) is -0.475. The van der Waals surface area contributed by atoms with E-state index < -0.39 is 6.10 Å². The van der Waals surface area contributed by atoms with Crippen molar-refractivity contribution in [1.82, 2.24) is 0 Å². The number of aliphatic hydroxyl groups is 2. The SMILES string of the molecule is CC(CC(O)CO)C(=O)Br. The molecule has 2 atom stereocenters. The van der Waals surface area contributed by atoms with E-state index in [2.05, 4.69) is 15.9 Å². The highest BCUT2D eigenvalue weighted by Gasteiger charge is 2.13. The summed E-state index contributed by atoms with van der Waals surface area (Å²) in [5.74, 6) is -0.234. The molecule has 0 aliphatic heterocycles. The molecule has 3 nitrogen and oxygen atoms in total. The van der Waals surface area contributed by atoms with Crippen LogP contribution in [-0.4, -0.2) is 27.6 Å². The Hall–Kier alpha value is 0.0700. The van der Waals surface area contributed by atoms with Crippen LogP contribution in [0.2, 0.25) is 0 Å². The van der Waals surface area contributed by atoms with Crippen LogP contribution in [0.25, 0.3) is 0 Å². The molecule has 0 spiro atoms. The van der Waals surface area contributed by atoms with Gasteiger partial charge in [0.15, 0.2) is 0 Å². The van der Waals surface area contributed by atoms with Gasteiger partial charge in [0.1, 0.15) is 0 Å². The van der Waals surface area contributed by atoms with Crippen LogP contribution < -0.4 is 0 Å². The maximum Gasteiger partial charge on any atom is 0.200 e. The van der Waals surface area contributed by atoms with Crippen molar-refractivity contribution in [1.29, 1.82) is 0 Å². The summed E-state index contributed by atoms with van der Waals surface area (Å²) in [5, 5.41) is 17.2. The minimum absolute atomic E-state index is 0.139. The number of aliphatic hydroxyl groups excluding tert-OH is 2. The van der Waals surface area contributed by atoms with Crippen molar-refractivity contribution in [3.8, 4) is 0 Å². The number of halogens is 1. The molecular formula is C6H11BrO3. The molecule has 0 amide bonds. The lowest BCUT2D eigenvalue weighted by atomic mass is 10.1. The van der Waals surface area contributed by atoms with Crippen LogP contribution in [0.1, 0.15) is 13.3 Å². The molecule has 0 radical (unpaired) electrons. The monoisotopic (exact) mass is 210 g/mol. The van der Waals surface area contributed by atoms with Crippen LogP contribution in [0, 0.1) is 5.92 Å². The summed E-state index contributed by atoms with van der Waals surface area (Å²) in [6, 6.07) is 0. The summed E-state index contributed by atoms with van der Waals surface area (Å²) < 4.78 is -0.139. The molecule has 2 unspecified atom stereocenters. The standard InChI is InChI=1S/C6H11BrO3/c1-4(6(7)10)2-5(9)3-8/h4-5,8-9H,2-3H2,1H3. The largest absolute Gasteiger partial charge is 0.394 e. The maximum atomic E-state index is 10.5. The molecule has 10 heavy (non-hydrogen) atoms. The fourth-order valence-corrected chi connectivity index (χ4v) is 0.762. The lowest BCUT2D eigenvalue weighted by Crippen LogP contribution is -2.18. The molecule has 0 aromatic rings. The molecule has 0 aliphatic rings. The minimum Gasteiger partial charge on any atom is -0.394 e. The molecule has 0 aromatic carbocycles. The second-order valence-electron chi connectivity index (χ2n) is 2.28. The first kappa shape index (κ1) is 10.1. The zero-order valence-electron chi connectivity index (χ0n) is 5.75. The van der Waals surface area contributed by atoms with Crippen molar-refractivity contribution < 1.29 is 15.0 Å². The van der Waals surface area contributed by atoms with E-state index in [9.17, 15) is 4.79 Å². The van der Waals surface area contributed by atoms with Crippen molar-refractivity contribution in [2.45, 2.75) is 19.4 Å². The average Bonchev–Trinajstić information content (AvgIpc) is 1.87. The Bertz CT molecular complexity index is 116. The zero-order chi connectivity index (χ0) is 8.15. The Balaban J connectivity index is 3.56. The van der Waals surface area contributed by atoms with Crippen LogP contribution in [0.15, 0.2) is 0 Å². The molecule has 0 heterocycles. The van der Waals surface area contributed by atoms with E-state index in [0.29, 0.717) is 6.42 Å². The molecule has 0 rings (SSSR count). The highest BCUT2D eigenvalue weighted by atomic mass is 79.9. The number of hydrogen-bond acceptors (Lipinski definition) is 3. The quantitative estimate of drug-likeness (QED) is 0.657. The highest BCUT2D eigenvalue weighted by Crippen LogP contribution is 2.10. The molecule has 0 saturated carbocycles. The van der Waals surface area contributed by atoms with Crippen LogP contribution >= 0.6 is 15.9 Å². The predicted octanol–water partition coefficient (Wildman–Crippen LogP) is 0.287. The molecule has 60 valence electrons. The summed E-state index contributed by atoms with van der Waals surface area (Å²) in [4.78, 5) is 10.5. The molecule has 0 aromatic heterocycles. The first-order valence-electron chi connectivity index (χ1n) is 3.06. The summed E-state index contributed by atoms with van der Waals surface area (Å²) in [6.45, 7) is 1.40. The Morgan fingerprint density at radius 1 is 1.70 bits per heavy atom. The van der Waals surface area contributed by atoms with Gasteiger partial charge in [-0.15, -0.1) is 0 Å². The first-order valence-corrected chi connectivity index (χ1v) is 3.85. The van der Waals surface area contributed by atoms with E-state index in [0.717, 1.165) is 0 Å². The lowest BCUT2D eigenvalue weighted by molar-refractivity contribution is -0.114.